The first kappa shape index (κ1) is 12.0. The van der Waals surface area contributed by atoms with Gasteiger partial charge in [-0.1, -0.05) is 0 Å². The van der Waals surface area contributed by atoms with Crippen LogP contribution in [0.2, 0.25) is 0 Å². The molecule has 0 aliphatic carbocycles. The van der Waals surface area contributed by atoms with Crippen LogP contribution >= 0.6 is 0 Å². The van der Waals surface area contributed by atoms with E-state index in [9.17, 15) is 0 Å². The molecule has 84 valence electrons. The third kappa shape index (κ3) is 4.40. The Kier molecular flexibility index (Phi) is 4.85. The van der Waals surface area contributed by atoms with E-state index in [1.165, 1.54) is 26.1 Å². The van der Waals surface area contributed by atoms with Crippen LogP contribution in [0, 0.1) is 5.92 Å². The summed E-state index contributed by atoms with van der Waals surface area (Å²) in [6, 6.07) is 0. The Hall–Kier alpha value is -0.120. The maximum atomic E-state index is 9.17. The van der Waals surface area contributed by atoms with Crippen LogP contribution in [0.25, 0.3) is 0 Å². The van der Waals surface area contributed by atoms with Crippen LogP contribution in [0.3, 0.4) is 0 Å². The number of hydrogen-bond donors (Lipinski definition) is 1. The Balaban J connectivity index is 2.10. The molecule has 1 N–H and O–H groups in total. The van der Waals surface area contributed by atoms with E-state index in [0.29, 0.717) is 0 Å². The van der Waals surface area contributed by atoms with Gasteiger partial charge in [-0.15, -0.1) is 0 Å². The second-order valence-electron chi connectivity index (χ2n) is 4.82. The molecule has 0 aromatic carbocycles. The van der Waals surface area contributed by atoms with E-state index in [1.54, 1.807) is 0 Å². The highest BCUT2D eigenvalue weighted by Crippen LogP contribution is 2.15. The van der Waals surface area contributed by atoms with Gasteiger partial charge >= 0.3 is 0 Å². The molecule has 2 atom stereocenters. The Morgan fingerprint density at radius 2 is 2.29 bits per heavy atom. The van der Waals surface area contributed by atoms with Crippen LogP contribution in [0.1, 0.15) is 19.8 Å². The molecule has 3 nitrogen and oxygen atoms in total. The maximum Gasteiger partial charge on any atom is 0.0524 e. The van der Waals surface area contributed by atoms with Gasteiger partial charge in [0.2, 0.25) is 0 Å². The summed E-state index contributed by atoms with van der Waals surface area (Å²) >= 11 is 0. The summed E-state index contributed by atoms with van der Waals surface area (Å²) in [5.74, 6) is 0.832. The lowest BCUT2D eigenvalue weighted by atomic mass is 10.1. The maximum absolute atomic E-state index is 9.17. The van der Waals surface area contributed by atoms with Crippen molar-refractivity contribution in [3.8, 4) is 0 Å². The van der Waals surface area contributed by atoms with Crippen molar-refractivity contribution < 1.29 is 5.11 Å². The fourth-order valence-electron chi connectivity index (χ4n) is 2.11. The smallest absolute Gasteiger partial charge is 0.0524 e. The molecule has 0 aromatic rings. The molecule has 1 heterocycles. The van der Waals surface area contributed by atoms with E-state index in [1.807, 2.05) is 6.92 Å². The summed E-state index contributed by atoms with van der Waals surface area (Å²) in [5, 5.41) is 9.17. The highest BCUT2D eigenvalue weighted by molar-refractivity contribution is 4.75. The summed E-state index contributed by atoms with van der Waals surface area (Å²) in [6.07, 6.45) is 2.05. The largest absolute Gasteiger partial charge is 0.393 e. The lowest BCUT2D eigenvalue weighted by Gasteiger charge is -2.21. The standard InChI is InChI=1S/C11H24N2O/c1-10(14)4-6-12(2)8-11-5-7-13(3)9-11/h10-11,14H,4-9H2,1-3H3. The van der Waals surface area contributed by atoms with Gasteiger partial charge in [0.1, 0.15) is 0 Å². The van der Waals surface area contributed by atoms with Crippen LogP contribution in [0.4, 0.5) is 0 Å². The second kappa shape index (κ2) is 5.69. The average Bonchev–Trinajstić information content (AvgIpc) is 2.48. The van der Waals surface area contributed by atoms with Crippen molar-refractivity contribution in [3.63, 3.8) is 0 Å². The van der Waals surface area contributed by atoms with E-state index in [0.717, 1.165) is 18.9 Å². The van der Waals surface area contributed by atoms with Gasteiger partial charge in [0.05, 0.1) is 6.10 Å². The SMILES string of the molecule is CC(O)CCN(C)CC1CCN(C)C1. The molecule has 0 aromatic heterocycles. The van der Waals surface area contributed by atoms with Crippen LogP contribution < -0.4 is 0 Å². The Morgan fingerprint density at radius 1 is 1.57 bits per heavy atom. The zero-order chi connectivity index (χ0) is 10.6. The minimum Gasteiger partial charge on any atom is -0.393 e. The van der Waals surface area contributed by atoms with Gasteiger partial charge in [-0.2, -0.15) is 0 Å². The van der Waals surface area contributed by atoms with Crippen molar-refractivity contribution in [1.29, 1.82) is 0 Å². The van der Waals surface area contributed by atoms with E-state index in [-0.39, 0.29) is 6.10 Å². The molecule has 1 saturated heterocycles. The van der Waals surface area contributed by atoms with Crippen LogP contribution in [0.15, 0.2) is 0 Å². The zero-order valence-electron chi connectivity index (χ0n) is 9.74. The predicted octanol–water partition coefficient (Wildman–Crippen LogP) is 0.641. The normalized spacial score (nSPS) is 25.9. The molecule has 3 heteroatoms. The molecular weight excluding hydrogens is 176 g/mol. The van der Waals surface area contributed by atoms with Crippen LogP contribution in [-0.2, 0) is 0 Å². The molecule has 0 spiro atoms. The highest BCUT2D eigenvalue weighted by Gasteiger charge is 2.20. The van der Waals surface area contributed by atoms with Gasteiger partial charge in [0, 0.05) is 19.6 Å². The van der Waals surface area contributed by atoms with Gasteiger partial charge in [0.25, 0.3) is 0 Å². The number of nitrogens with zero attached hydrogens (tertiary/aromatic N) is 2. The summed E-state index contributed by atoms with van der Waals surface area (Å²) < 4.78 is 0. The number of aliphatic hydroxyl groups excluding tert-OH is 1. The van der Waals surface area contributed by atoms with E-state index in [2.05, 4.69) is 23.9 Å². The molecule has 0 radical (unpaired) electrons. The number of hydrogen-bond acceptors (Lipinski definition) is 3. The molecule has 14 heavy (non-hydrogen) atoms. The molecule has 1 aliphatic heterocycles. The topological polar surface area (TPSA) is 26.7 Å². The van der Waals surface area contributed by atoms with E-state index >= 15 is 0 Å². The Morgan fingerprint density at radius 3 is 2.79 bits per heavy atom. The summed E-state index contributed by atoms with van der Waals surface area (Å²) in [7, 11) is 4.34. The van der Waals surface area contributed by atoms with Crippen molar-refractivity contribution in [3.05, 3.63) is 0 Å². The molecule has 2 unspecified atom stereocenters. The fourth-order valence-corrected chi connectivity index (χ4v) is 2.11. The second-order valence-corrected chi connectivity index (χ2v) is 4.82. The van der Waals surface area contributed by atoms with Crippen LogP contribution in [-0.4, -0.2) is 61.3 Å². The summed E-state index contributed by atoms with van der Waals surface area (Å²) in [5.41, 5.74) is 0. The van der Waals surface area contributed by atoms with Gasteiger partial charge in [-0.3, -0.25) is 0 Å². The lowest BCUT2D eigenvalue weighted by Crippen LogP contribution is -2.29. The molecular formula is C11H24N2O. The first-order valence-electron chi connectivity index (χ1n) is 5.63. The third-order valence-corrected chi connectivity index (χ3v) is 2.99. The third-order valence-electron chi connectivity index (χ3n) is 2.99. The number of rotatable bonds is 5. The average molecular weight is 200 g/mol. The Bertz CT molecular complexity index is 161. The van der Waals surface area contributed by atoms with Crippen LogP contribution in [0.5, 0.6) is 0 Å². The van der Waals surface area contributed by atoms with Gasteiger partial charge < -0.3 is 14.9 Å². The Labute approximate surface area is 87.7 Å². The van der Waals surface area contributed by atoms with E-state index in [4.69, 9.17) is 5.11 Å². The fraction of sp³-hybridized carbons (Fsp3) is 1.00. The minimum absolute atomic E-state index is 0.163. The van der Waals surface area contributed by atoms with Crippen molar-refractivity contribution in [1.82, 2.24) is 9.80 Å². The molecule has 1 fully saturated rings. The number of likely N-dealkylation sites (tertiary alicyclic amines) is 1. The summed E-state index contributed by atoms with van der Waals surface area (Å²) in [6.45, 7) is 6.53. The van der Waals surface area contributed by atoms with Crippen molar-refractivity contribution in [2.75, 3.05) is 40.3 Å². The van der Waals surface area contributed by atoms with Crippen molar-refractivity contribution >= 4 is 0 Å². The van der Waals surface area contributed by atoms with E-state index < -0.39 is 0 Å². The lowest BCUT2D eigenvalue weighted by molar-refractivity contribution is 0.159. The van der Waals surface area contributed by atoms with Gasteiger partial charge in [-0.05, 0) is 46.3 Å². The highest BCUT2D eigenvalue weighted by atomic mass is 16.3. The van der Waals surface area contributed by atoms with Crippen molar-refractivity contribution in [2.45, 2.75) is 25.9 Å². The monoisotopic (exact) mass is 200 g/mol. The quantitative estimate of drug-likeness (QED) is 0.705. The molecule has 0 amide bonds. The van der Waals surface area contributed by atoms with Gasteiger partial charge in [0.15, 0.2) is 0 Å². The molecule has 1 aliphatic rings. The first-order valence-corrected chi connectivity index (χ1v) is 5.63. The molecule has 1 rings (SSSR count). The first-order chi connectivity index (χ1) is 6.58. The van der Waals surface area contributed by atoms with Gasteiger partial charge in [-0.25, -0.2) is 0 Å². The zero-order valence-corrected chi connectivity index (χ0v) is 9.74. The molecule has 0 bridgehead atoms. The predicted molar refractivity (Wildman–Crippen MR) is 59.4 cm³/mol. The number of aliphatic hydroxyl groups is 1. The minimum atomic E-state index is -0.163. The summed E-state index contributed by atoms with van der Waals surface area (Å²) in [4.78, 5) is 4.74. The van der Waals surface area contributed by atoms with Crippen molar-refractivity contribution in [2.24, 2.45) is 5.92 Å². The molecule has 0 saturated carbocycles.